The van der Waals surface area contributed by atoms with Crippen molar-refractivity contribution in [2.24, 2.45) is 5.84 Å². The smallest absolute Gasteiger partial charge is 0.300 e. The number of nitrogens with two attached hydrogens (primary N) is 1. The Bertz CT molecular complexity index is 635. The van der Waals surface area contributed by atoms with Gasteiger partial charge in [-0.15, -0.1) is 11.8 Å². The van der Waals surface area contributed by atoms with Gasteiger partial charge in [-0.25, -0.2) is 5.84 Å². The normalized spacial score (nSPS) is 10.6. The summed E-state index contributed by atoms with van der Waals surface area (Å²) >= 11 is 1.72. The van der Waals surface area contributed by atoms with Crippen LogP contribution >= 0.6 is 11.8 Å². The molecule has 0 saturated heterocycles. The molecule has 1 amide bonds. The molecule has 0 atom stereocenters. The summed E-state index contributed by atoms with van der Waals surface area (Å²) in [5.74, 6) is 6.45. The summed E-state index contributed by atoms with van der Waals surface area (Å²) in [6.07, 6.45) is 0. The molecular weight excluding hydrogens is 272 g/mol. The number of carbonyl (C=O) groups excluding carboxylic acids is 1. The fourth-order valence-corrected chi connectivity index (χ4v) is 2.84. The van der Waals surface area contributed by atoms with Crippen LogP contribution in [-0.2, 0) is 5.75 Å². The number of hydrazine groups is 1. The molecule has 0 aliphatic heterocycles. The Labute approximate surface area is 122 Å². The van der Waals surface area contributed by atoms with Gasteiger partial charge in [-0.3, -0.25) is 10.2 Å². The highest BCUT2D eigenvalue weighted by atomic mass is 32.2. The third-order valence-corrected chi connectivity index (χ3v) is 4.29. The Kier molecular flexibility index (Phi) is 4.52. The van der Waals surface area contributed by atoms with Gasteiger partial charge in [0.15, 0.2) is 5.76 Å². The van der Waals surface area contributed by atoms with Crippen LogP contribution in [0.1, 0.15) is 33.0 Å². The first-order valence-corrected chi connectivity index (χ1v) is 7.30. The van der Waals surface area contributed by atoms with E-state index in [2.05, 4.69) is 37.5 Å². The molecule has 2 aromatic rings. The van der Waals surface area contributed by atoms with Crippen molar-refractivity contribution in [3.8, 4) is 0 Å². The van der Waals surface area contributed by atoms with E-state index in [1.54, 1.807) is 17.8 Å². The van der Waals surface area contributed by atoms with E-state index >= 15 is 0 Å². The van der Waals surface area contributed by atoms with Crippen LogP contribution in [0.4, 0.5) is 0 Å². The molecule has 0 unspecified atom stereocenters. The van der Waals surface area contributed by atoms with Gasteiger partial charge in [-0.2, -0.15) is 0 Å². The summed E-state index contributed by atoms with van der Waals surface area (Å²) in [4.78, 5) is 12.6. The molecule has 5 heteroatoms. The third-order valence-electron chi connectivity index (χ3n) is 3.25. The van der Waals surface area contributed by atoms with Gasteiger partial charge < -0.3 is 4.42 Å². The van der Waals surface area contributed by atoms with Crippen LogP contribution in [0, 0.1) is 20.8 Å². The van der Waals surface area contributed by atoms with Crippen LogP contribution in [0.3, 0.4) is 0 Å². The van der Waals surface area contributed by atoms with Crippen molar-refractivity contribution in [3.63, 3.8) is 0 Å². The van der Waals surface area contributed by atoms with Gasteiger partial charge in [-0.05, 0) is 50.1 Å². The van der Waals surface area contributed by atoms with E-state index in [0.717, 1.165) is 17.1 Å². The van der Waals surface area contributed by atoms with Crippen LogP contribution < -0.4 is 11.3 Å². The van der Waals surface area contributed by atoms with Crippen LogP contribution in [-0.4, -0.2) is 5.91 Å². The Morgan fingerprint density at radius 1 is 1.25 bits per heavy atom. The lowest BCUT2D eigenvalue weighted by Gasteiger charge is -2.04. The summed E-state index contributed by atoms with van der Waals surface area (Å²) in [6.45, 7) is 6.05. The van der Waals surface area contributed by atoms with Crippen molar-refractivity contribution in [2.75, 3.05) is 0 Å². The number of nitrogen functional groups attached to an aromatic ring is 1. The van der Waals surface area contributed by atoms with E-state index in [9.17, 15) is 4.79 Å². The minimum atomic E-state index is -0.407. The van der Waals surface area contributed by atoms with E-state index in [1.807, 2.05) is 6.92 Å². The lowest BCUT2D eigenvalue weighted by atomic mass is 10.1. The second-order valence-electron chi connectivity index (χ2n) is 4.70. The van der Waals surface area contributed by atoms with Crippen molar-refractivity contribution in [1.29, 1.82) is 0 Å². The molecule has 0 spiro atoms. The van der Waals surface area contributed by atoms with Gasteiger partial charge in [0.1, 0.15) is 5.76 Å². The molecule has 3 N–H and O–H groups in total. The highest BCUT2D eigenvalue weighted by molar-refractivity contribution is 7.98. The van der Waals surface area contributed by atoms with E-state index in [0.29, 0.717) is 0 Å². The SMILES string of the molecule is Cc1ccc(SCc2cc(C(=O)NN)oc2C)cc1C. The maximum atomic E-state index is 11.4. The fourth-order valence-electron chi connectivity index (χ4n) is 1.81. The highest BCUT2D eigenvalue weighted by Crippen LogP contribution is 2.27. The molecule has 2 rings (SSSR count). The molecule has 1 aromatic heterocycles. The molecule has 4 nitrogen and oxygen atoms in total. The third kappa shape index (κ3) is 3.23. The van der Waals surface area contributed by atoms with Gasteiger partial charge in [0, 0.05) is 16.2 Å². The molecule has 1 heterocycles. The average molecular weight is 290 g/mol. The minimum Gasteiger partial charge on any atom is -0.456 e. The predicted octanol–water partition coefficient (Wildman–Crippen LogP) is 3.10. The Morgan fingerprint density at radius 3 is 2.65 bits per heavy atom. The monoisotopic (exact) mass is 290 g/mol. The molecule has 0 aliphatic rings. The molecule has 0 saturated carbocycles. The van der Waals surface area contributed by atoms with Crippen molar-refractivity contribution in [2.45, 2.75) is 31.4 Å². The molecule has 0 bridgehead atoms. The Hall–Kier alpha value is -1.72. The predicted molar refractivity (Wildman–Crippen MR) is 80.6 cm³/mol. The zero-order chi connectivity index (χ0) is 14.7. The molecule has 0 fully saturated rings. The van der Waals surface area contributed by atoms with E-state index in [1.165, 1.54) is 16.0 Å². The number of furan rings is 1. The van der Waals surface area contributed by atoms with E-state index < -0.39 is 5.91 Å². The lowest BCUT2D eigenvalue weighted by Crippen LogP contribution is -2.29. The van der Waals surface area contributed by atoms with Crippen LogP contribution in [0.25, 0.3) is 0 Å². The van der Waals surface area contributed by atoms with Gasteiger partial charge in [-0.1, -0.05) is 6.07 Å². The second-order valence-corrected chi connectivity index (χ2v) is 5.75. The molecule has 106 valence electrons. The largest absolute Gasteiger partial charge is 0.456 e. The van der Waals surface area contributed by atoms with Crippen molar-refractivity contribution in [1.82, 2.24) is 5.43 Å². The van der Waals surface area contributed by atoms with E-state index in [4.69, 9.17) is 10.3 Å². The molecule has 0 radical (unpaired) electrons. The molecular formula is C15H18N2O2S. The van der Waals surface area contributed by atoms with Gasteiger partial charge in [0.25, 0.3) is 0 Å². The topological polar surface area (TPSA) is 68.3 Å². The maximum absolute atomic E-state index is 11.4. The molecule has 1 aromatic carbocycles. The summed E-state index contributed by atoms with van der Waals surface area (Å²) in [5, 5.41) is 0. The lowest BCUT2D eigenvalue weighted by molar-refractivity contribution is 0.0924. The number of nitrogens with one attached hydrogen (secondary N) is 1. The Balaban J connectivity index is 2.08. The summed E-state index contributed by atoms with van der Waals surface area (Å²) in [5.41, 5.74) is 5.64. The van der Waals surface area contributed by atoms with Gasteiger partial charge in [0.05, 0.1) is 0 Å². The van der Waals surface area contributed by atoms with Gasteiger partial charge >= 0.3 is 5.91 Å². The van der Waals surface area contributed by atoms with E-state index in [-0.39, 0.29) is 5.76 Å². The zero-order valence-electron chi connectivity index (χ0n) is 11.8. The van der Waals surface area contributed by atoms with Crippen LogP contribution in [0.2, 0.25) is 0 Å². The van der Waals surface area contributed by atoms with Crippen LogP contribution in [0.5, 0.6) is 0 Å². The number of hydrogen-bond donors (Lipinski definition) is 2. The van der Waals surface area contributed by atoms with Gasteiger partial charge in [0.2, 0.25) is 0 Å². The Morgan fingerprint density at radius 2 is 2.00 bits per heavy atom. The summed E-state index contributed by atoms with van der Waals surface area (Å²) < 4.78 is 5.39. The first-order chi connectivity index (χ1) is 9.51. The van der Waals surface area contributed by atoms with Crippen LogP contribution in [0.15, 0.2) is 33.6 Å². The fraction of sp³-hybridized carbons (Fsp3) is 0.267. The number of rotatable bonds is 4. The highest BCUT2D eigenvalue weighted by Gasteiger charge is 2.13. The number of aryl methyl sites for hydroxylation is 3. The number of amides is 1. The quantitative estimate of drug-likeness (QED) is 0.393. The first kappa shape index (κ1) is 14.7. The standard InChI is InChI=1S/C15H18N2O2S/c1-9-4-5-13(6-10(9)2)20-8-12-7-14(15(18)17-16)19-11(12)3/h4-7H,8,16H2,1-3H3,(H,17,18). The van der Waals surface area contributed by atoms with Crippen molar-refractivity contribution in [3.05, 3.63) is 52.5 Å². The number of carbonyl (C=O) groups is 1. The second kappa shape index (κ2) is 6.15. The van der Waals surface area contributed by atoms with Crippen molar-refractivity contribution >= 4 is 17.7 Å². The molecule has 0 aliphatic carbocycles. The summed E-state index contributed by atoms with van der Waals surface area (Å²) in [7, 11) is 0. The first-order valence-electron chi connectivity index (χ1n) is 6.31. The minimum absolute atomic E-state index is 0.251. The summed E-state index contributed by atoms with van der Waals surface area (Å²) in [6, 6.07) is 8.14. The number of hydrogen-bond acceptors (Lipinski definition) is 4. The average Bonchev–Trinajstić information content (AvgIpc) is 2.80. The number of thioether (sulfide) groups is 1. The molecule has 20 heavy (non-hydrogen) atoms. The van der Waals surface area contributed by atoms with Crippen molar-refractivity contribution < 1.29 is 9.21 Å². The maximum Gasteiger partial charge on any atom is 0.300 e. The zero-order valence-corrected chi connectivity index (χ0v) is 12.6. The number of benzene rings is 1.